The van der Waals surface area contributed by atoms with Gasteiger partial charge in [0.15, 0.2) is 0 Å². The van der Waals surface area contributed by atoms with Crippen LogP contribution in [0.15, 0.2) is 66.7 Å². The third-order valence-electron chi connectivity index (χ3n) is 8.80. The van der Waals surface area contributed by atoms with E-state index in [1.54, 1.807) is 6.07 Å². The number of hydrogen-bond acceptors (Lipinski definition) is 4. The van der Waals surface area contributed by atoms with Crippen molar-refractivity contribution in [2.24, 2.45) is 16.7 Å². The molecule has 4 bridgehead atoms. The number of carbonyl (C=O) groups excluding carboxylic acids is 1. The van der Waals surface area contributed by atoms with Crippen molar-refractivity contribution < 1.29 is 14.3 Å². The average molecular weight is 502 g/mol. The van der Waals surface area contributed by atoms with Gasteiger partial charge in [0.05, 0.1) is 23.4 Å². The van der Waals surface area contributed by atoms with E-state index in [-0.39, 0.29) is 11.4 Å². The van der Waals surface area contributed by atoms with E-state index in [9.17, 15) is 4.79 Å². The number of ether oxygens (including phenoxy) is 2. The Morgan fingerprint density at radius 1 is 0.944 bits per heavy atom. The molecule has 0 aliphatic heterocycles. The van der Waals surface area contributed by atoms with Crippen LogP contribution in [0.3, 0.4) is 0 Å². The molecule has 4 saturated carbocycles. The minimum atomic E-state index is -0.377. The first-order valence-electron chi connectivity index (χ1n) is 12.7. The lowest BCUT2D eigenvalue weighted by Gasteiger charge is -2.44. The molecule has 1 N–H and O–H groups in total. The van der Waals surface area contributed by atoms with Crippen LogP contribution in [-0.2, 0) is 10.2 Å². The molecule has 0 amide bonds. The summed E-state index contributed by atoms with van der Waals surface area (Å²) < 4.78 is 11.0. The Balaban J connectivity index is 1.18. The highest BCUT2D eigenvalue weighted by Gasteiger charge is 2.66. The molecule has 7 rings (SSSR count). The molecule has 5 heteroatoms. The number of nitrogens with one attached hydrogen (secondary N) is 1. The van der Waals surface area contributed by atoms with Crippen LogP contribution in [0.25, 0.3) is 0 Å². The van der Waals surface area contributed by atoms with Gasteiger partial charge in [-0.1, -0.05) is 43.6 Å². The van der Waals surface area contributed by atoms with Gasteiger partial charge < -0.3 is 14.8 Å². The van der Waals surface area contributed by atoms with Crippen molar-refractivity contribution in [2.75, 3.05) is 12.4 Å². The van der Waals surface area contributed by atoms with E-state index < -0.39 is 0 Å². The number of anilines is 2. The summed E-state index contributed by atoms with van der Waals surface area (Å²) in [5, 5.41) is 3.94. The van der Waals surface area contributed by atoms with Crippen LogP contribution in [0.4, 0.5) is 11.4 Å². The molecule has 3 aromatic carbocycles. The molecule has 4 aliphatic rings. The van der Waals surface area contributed by atoms with Crippen molar-refractivity contribution in [3.63, 3.8) is 0 Å². The van der Waals surface area contributed by atoms with Gasteiger partial charge in [-0.2, -0.15) is 0 Å². The number of benzene rings is 3. The van der Waals surface area contributed by atoms with Crippen LogP contribution < -0.4 is 10.1 Å². The Kier molecular flexibility index (Phi) is 5.38. The van der Waals surface area contributed by atoms with Crippen molar-refractivity contribution >= 4 is 28.9 Å². The van der Waals surface area contributed by atoms with Crippen LogP contribution in [0.2, 0.25) is 5.02 Å². The number of carbonyl (C=O) groups is 1. The lowest BCUT2D eigenvalue weighted by atomic mass is 9.60. The van der Waals surface area contributed by atoms with Crippen molar-refractivity contribution in [3.8, 4) is 11.5 Å². The molecule has 2 atom stereocenters. The zero-order valence-corrected chi connectivity index (χ0v) is 21.8. The third kappa shape index (κ3) is 3.87. The fraction of sp³-hybridized carbons (Fsp3) is 0.387. The highest BCUT2D eigenvalue weighted by molar-refractivity contribution is 6.32. The highest BCUT2D eigenvalue weighted by atomic mass is 35.5. The summed E-state index contributed by atoms with van der Waals surface area (Å²) >= 11 is 6.78. The molecule has 4 nitrogen and oxygen atoms in total. The van der Waals surface area contributed by atoms with Crippen LogP contribution in [0.1, 0.15) is 61.9 Å². The number of hydrogen-bond donors (Lipinski definition) is 1. The van der Waals surface area contributed by atoms with E-state index in [4.69, 9.17) is 21.1 Å². The first-order chi connectivity index (χ1) is 17.2. The predicted molar refractivity (Wildman–Crippen MR) is 143 cm³/mol. The largest absolute Gasteiger partial charge is 0.465 e. The highest BCUT2D eigenvalue weighted by Crippen LogP contribution is 2.74. The smallest absolute Gasteiger partial charge is 0.339 e. The second kappa shape index (κ2) is 8.27. The Morgan fingerprint density at radius 3 is 2.31 bits per heavy atom. The fourth-order valence-electron chi connectivity index (χ4n) is 8.07. The van der Waals surface area contributed by atoms with E-state index >= 15 is 0 Å². The summed E-state index contributed by atoms with van der Waals surface area (Å²) in [6, 6.07) is 21.3. The summed E-state index contributed by atoms with van der Waals surface area (Å²) in [6.07, 6.45) is 6.63. The van der Waals surface area contributed by atoms with E-state index in [1.165, 1.54) is 44.8 Å². The minimum Gasteiger partial charge on any atom is -0.465 e. The van der Waals surface area contributed by atoms with Gasteiger partial charge in [0.1, 0.15) is 11.5 Å². The van der Waals surface area contributed by atoms with Gasteiger partial charge in [-0.25, -0.2) is 4.79 Å². The molecule has 0 spiro atoms. The van der Waals surface area contributed by atoms with Gasteiger partial charge in [-0.15, -0.1) is 0 Å². The maximum Gasteiger partial charge on any atom is 0.339 e. The molecular weight excluding hydrogens is 470 g/mol. The summed E-state index contributed by atoms with van der Waals surface area (Å²) in [5.74, 6) is 1.77. The molecule has 3 aromatic rings. The second-order valence-corrected chi connectivity index (χ2v) is 12.3. The van der Waals surface area contributed by atoms with Crippen molar-refractivity contribution in [1.82, 2.24) is 0 Å². The zero-order chi connectivity index (χ0) is 25.1. The van der Waals surface area contributed by atoms with Crippen molar-refractivity contribution in [2.45, 2.75) is 51.4 Å². The molecule has 0 heterocycles. The molecular formula is C31H32ClNO3. The minimum absolute atomic E-state index is 0.276. The number of esters is 1. The van der Waals surface area contributed by atoms with Crippen LogP contribution >= 0.6 is 11.6 Å². The molecule has 0 saturated heterocycles. The quantitative estimate of drug-likeness (QED) is 0.344. The molecule has 2 unspecified atom stereocenters. The van der Waals surface area contributed by atoms with E-state index in [1.807, 2.05) is 48.5 Å². The molecule has 186 valence electrons. The maximum absolute atomic E-state index is 12.0. The SMILES string of the molecule is COC(=O)c1ccccc1Nc1ccc(Oc2ccc(C34CC5(C)CC3CC(C)(C5)C4)cc2Cl)cc1. The predicted octanol–water partition coefficient (Wildman–Crippen LogP) is 8.52. The Morgan fingerprint density at radius 2 is 1.64 bits per heavy atom. The number of halogens is 1. The first kappa shape index (κ1) is 23.4. The summed E-state index contributed by atoms with van der Waals surface area (Å²) in [5.41, 5.74) is 4.63. The van der Waals surface area contributed by atoms with Gasteiger partial charge in [0, 0.05) is 5.69 Å². The van der Waals surface area contributed by atoms with E-state index in [2.05, 4.69) is 31.3 Å². The Bertz CT molecular complexity index is 1320. The number of rotatable bonds is 6. The number of methoxy groups -OCH3 is 1. The van der Waals surface area contributed by atoms with Gasteiger partial charge in [-0.05, 0) is 108 Å². The van der Waals surface area contributed by atoms with Crippen molar-refractivity contribution in [1.29, 1.82) is 0 Å². The Hall–Kier alpha value is -2.98. The van der Waals surface area contributed by atoms with Gasteiger partial charge >= 0.3 is 5.97 Å². The average Bonchev–Trinajstić information content (AvgIpc) is 3.19. The molecule has 36 heavy (non-hydrogen) atoms. The van der Waals surface area contributed by atoms with Crippen molar-refractivity contribution in [3.05, 3.63) is 82.9 Å². The summed E-state index contributed by atoms with van der Waals surface area (Å²) in [7, 11) is 1.38. The lowest BCUT2D eigenvalue weighted by Crippen LogP contribution is -2.35. The van der Waals surface area contributed by atoms with Gasteiger partial charge in [-0.3, -0.25) is 0 Å². The van der Waals surface area contributed by atoms with Gasteiger partial charge in [0.25, 0.3) is 0 Å². The van der Waals surface area contributed by atoms with Gasteiger partial charge in [0.2, 0.25) is 0 Å². The summed E-state index contributed by atoms with van der Waals surface area (Å²) in [4.78, 5) is 12.0. The van der Waals surface area contributed by atoms with Crippen LogP contribution in [0, 0.1) is 16.7 Å². The second-order valence-electron chi connectivity index (χ2n) is 11.8. The molecule has 0 aromatic heterocycles. The normalized spacial score (nSPS) is 29.8. The Labute approximate surface area is 218 Å². The maximum atomic E-state index is 12.0. The fourth-order valence-corrected chi connectivity index (χ4v) is 8.29. The third-order valence-corrected chi connectivity index (χ3v) is 9.09. The first-order valence-corrected chi connectivity index (χ1v) is 13.1. The molecule has 4 fully saturated rings. The standard InChI is InChI=1S/C31H32ClNO3/c1-29-15-21-16-30(2,17-29)19-31(21,18-29)20-8-13-27(25(32)14-20)36-23-11-9-22(10-12-23)33-26-7-5-4-6-24(26)28(34)35-3/h4-14,21,33H,15-19H2,1-3H3. The zero-order valence-electron chi connectivity index (χ0n) is 21.1. The number of para-hydroxylation sites is 1. The lowest BCUT2D eigenvalue weighted by molar-refractivity contribution is 0.0601. The van der Waals surface area contributed by atoms with Crippen LogP contribution in [-0.4, -0.2) is 13.1 Å². The topological polar surface area (TPSA) is 47.6 Å². The molecule has 4 aliphatic carbocycles. The van der Waals surface area contributed by atoms with Crippen LogP contribution in [0.5, 0.6) is 11.5 Å². The molecule has 0 radical (unpaired) electrons. The van der Waals surface area contributed by atoms with E-state index in [0.717, 1.165) is 11.6 Å². The van der Waals surface area contributed by atoms with E-state index in [0.29, 0.717) is 38.6 Å². The monoisotopic (exact) mass is 501 g/mol. The summed E-state index contributed by atoms with van der Waals surface area (Å²) in [6.45, 7) is 4.98.